The number of rotatable bonds is 10. The number of nitrogens with zero attached hydrogens (tertiary/aromatic N) is 6. The molecule has 0 radical (unpaired) electrons. The maximum absolute atomic E-state index is 5.95. The van der Waals surface area contributed by atoms with Gasteiger partial charge in [-0.1, -0.05) is 12.1 Å². The molecule has 4 heterocycles. The average molecular weight is 639 g/mol. The summed E-state index contributed by atoms with van der Waals surface area (Å²) in [6, 6.07) is 35.8. The van der Waals surface area contributed by atoms with Gasteiger partial charge in [-0.2, -0.15) is 0 Å². The van der Waals surface area contributed by atoms with Gasteiger partial charge < -0.3 is 9.47 Å². The fraction of sp³-hybridized carbons (Fsp3) is 0.0732. The van der Waals surface area contributed by atoms with Crippen molar-refractivity contribution < 1.29 is 9.47 Å². The van der Waals surface area contributed by atoms with Crippen molar-refractivity contribution in [2.75, 3.05) is 13.2 Å². The molecule has 0 fully saturated rings. The van der Waals surface area contributed by atoms with E-state index in [1.54, 1.807) is 24.8 Å². The predicted octanol–water partition coefficient (Wildman–Crippen LogP) is 9.23. The van der Waals surface area contributed by atoms with Crippen LogP contribution < -0.4 is 9.47 Å². The molecule has 0 unspecified atom stereocenters. The van der Waals surface area contributed by atoms with Crippen molar-refractivity contribution in [1.29, 1.82) is 0 Å². The number of hydrogen-bond donors (Lipinski definition) is 0. The number of ether oxygens (including phenoxy) is 2. The third-order valence-corrected chi connectivity index (χ3v) is 8.17. The molecule has 8 nitrogen and oxygen atoms in total. The Morgan fingerprint density at radius 3 is 1.33 bits per heavy atom. The SMILES string of the molecule is C(=Nc1cc2cccnc2c2ncccc12)c1ccc(OCCCOc2ccc(C=Nc3cc4cccnc4c4ncccc34)cc2)cc1. The highest BCUT2D eigenvalue weighted by Crippen LogP contribution is 2.32. The summed E-state index contributed by atoms with van der Waals surface area (Å²) >= 11 is 0. The lowest BCUT2D eigenvalue weighted by molar-refractivity contribution is 0.247. The van der Waals surface area contributed by atoms with E-state index in [9.17, 15) is 0 Å². The maximum atomic E-state index is 5.95. The van der Waals surface area contributed by atoms with E-state index in [4.69, 9.17) is 19.5 Å². The Kier molecular flexibility index (Phi) is 8.32. The Balaban J connectivity index is 0.832. The van der Waals surface area contributed by atoms with E-state index >= 15 is 0 Å². The van der Waals surface area contributed by atoms with Crippen molar-refractivity contribution in [3.05, 3.63) is 145 Å². The van der Waals surface area contributed by atoms with E-state index in [0.29, 0.717) is 13.2 Å². The largest absolute Gasteiger partial charge is 0.493 e. The Bertz CT molecular complexity index is 2300. The zero-order valence-electron chi connectivity index (χ0n) is 26.5. The van der Waals surface area contributed by atoms with Crippen LogP contribution in [0.25, 0.3) is 43.6 Å². The van der Waals surface area contributed by atoms with E-state index in [1.807, 2.05) is 109 Å². The van der Waals surface area contributed by atoms with Gasteiger partial charge in [0.2, 0.25) is 0 Å². The molecule has 0 aliphatic rings. The molecule has 0 aliphatic heterocycles. The molecule has 0 amide bonds. The minimum Gasteiger partial charge on any atom is -0.493 e. The molecule has 8 aromatic rings. The van der Waals surface area contributed by atoms with Gasteiger partial charge in [0.15, 0.2) is 0 Å². The lowest BCUT2D eigenvalue weighted by atomic mass is 10.1. The molecule has 0 spiro atoms. The van der Waals surface area contributed by atoms with Crippen LogP contribution in [0.4, 0.5) is 11.4 Å². The van der Waals surface area contributed by atoms with Crippen LogP contribution in [0.15, 0.2) is 144 Å². The molecule has 8 rings (SSSR count). The Hall–Kier alpha value is -6.54. The minimum atomic E-state index is 0.548. The van der Waals surface area contributed by atoms with Crippen molar-refractivity contribution in [2.45, 2.75) is 6.42 Å². The van der Waals surface area contributed by atoms with Crippen LogP contribution in [0.5, 0.6) is 11.5 Å². The zero-order valence-corrected chi connectivity index (χ0v) is 26.5. The topological polar surface area (TPSA) is 94.7 Å². The monoisotopic (exact) mass is 638 g/mol. The summed E-state index contributed by atoms with van der Waals surface area (Å²) in [5, 5.41) is 3.97. The first-order chi connectivity index (χ1) is 24.3. The Morgan fingerprint density at radius 1 is 0.469 bits per heavy atom. The molecule has 0 aliphatic carbocycles. The molecule has 4 aromatic carbocycles. The van der Waals surface area contributed by atoms with Crippen LogP contribution in [-0.4, -0.2) is 45.6 Å². The van der Waals surface area contributed by atoms with E-state index in [0.717, 1.165) is 84.0 Å². The quantitative estimate of drug-likeness (QED) is 0.0842. The molecule has 0 saturated carbocycles. The minimum absolute atomic E-state index is 0.548. The van der Waals surface area contributed by atoms with E-state index < -0.39 is 0 Å². The van der Waals surface area contributed by atoms with Crippen LogP contribution in [-0.2, 0) is 0 Å². The summed E-state index contributed by atoms with van der Waals surface area (Å²) in [6.07, 6.45) is 11.6. The maximum Gasteiger partial charge on any atom is 0.119 e. The highest BCUT2D eigenvalue weighted by atomic mass is 16.5. The van der Waals surface area contributed by atoms with Gasteiger partial charge in [0, 0.05) is 65.2 Å². The molecule has 8 heteroatoms. The molecule has 4 aromatic heterocycles. The van der Waals surface area contributed by atoms with E-state index in [2.05, 4.69) is 32.1 Å². The first-order valence-electron chi connectivity index (χ1n) is 16.1. The third kappa shape index (κ3) is 6.53. The summed E-state index contributed by atoms with van der Waals surface area (Å²) in [5.41, 5.74) is 7.14. The van der Waals surface area contributed by atoms with Crippen molar-refractivity contribution in [2.24, 2.45) is 9.98 Å². The van der Waals surface area contributed by atoms with Gasteiger partial charge in [-0.15, -0.1) is 0 Å². The Labute approximate surface area is 282 Å². The van der Waals surface area contributed by atoms with Crippen molar-refractivity contribution >= 4 is 67.4 Å². The Morgan fingerprint density at radius 2 is 0.878 bits per heavy atom. The number of aliphatic imine (C=N–C) groups is 2. The van der Waals surface area contributed by atoms with Crippen LogP contribution in [0.1, 0.15) is 17.5 Å². The first-order valence-corrected chi connectivity index (χ1v) is 16.1. The second kappa shape index (κ2) is 13.7. The molecule has 49 heavy (non-hydrogen) atoms. The summed E-state index contributed by atoms with van der Waals surface area (Å²) in [6.45, 7) is 1.10. The van der Waals surface area contributed by atoms with Gasteiger partial charge in [-0.25, -0.2) is 0 Å². The van der Waals surface area contributed by atoms with Crippen LogP contribution >= 0.6 is 0 Å². The molecule has 0 atom stereocenters. The molecular weight excluding hydrogens is 608 g/mol. The number of aromatic nitrogens is 4. The number of benzene rings is 4. The second-order valence-electron chi connectivity index (χ2n) is 11.4. The number of fused-ring (bicyclic) bond motifs is 6. The highest BCUT2D eigenvalue weighted by Gasteiger charge is 2.09. The van der Waals surface area contributed by atoms with Crippen molar-refractivity contribution in [1.82, 2.24) is 19.9 Å². The zero-order chi connectivity index (χ0) is 32.8. The summed E-state index contributed by atoms with van der Waals surface area (Å²) in [5.74, 6) is 1.61. The van der Waals surface area contributed by atoms with Crippen molar-refractivity contribution in [3.63, 3.8) is 0 Å². The molecule has 0 saturated heterocycles. The van der Waals surface area contributed by atoms with Gasteiger partial charge >= 0.3 is 0 Å². The summed E-state index contributed by atoms with van der Waals surface area (Å²) in [7, 11) is 0. The van der Waals surface area contributed by atoms with Gasteiger partial charge in [0.05, 0.1) is 46.7 Å². The molecule has 0 N–H and O–H groups in total. The highest BCUT2D eigenvalue weighted by molar-refractivity contribution is 6.10. The second-order valence-corrected chi connectivity index (χ2v) is 11.4. The predicted molar refractivity (Wildman–Crippen MR) is 197 cm³/mol. The first kappa shape index (κ1) is 29.8. The normalized spacial score (nSPS) is 11.8. The van der Waals surface area contributed by atoms with Gasteiger partial charge in [0.25, 0.3) is 0 Å². The van der Waals surface area contributed by atoms with Gasteiger partial charge in [-0.05, 0) is 108 Å². The summed E-state index contributed by atoms with van der Waals surface area (Å²) in [4.78, 5) is 27.7. The molecule has 0 bridgehead atoms. The average Bonchev–Trinajstić information content (AvgIpc) is 3.17. The fourth-order valence-corrected chi connectivity index (χ4v) is 5.76. The molecule has 236 valence electrons. The van der Waals surface area contributed by atoms with E-state index in [-0.39, 0.29) is 0 Å². The fourth-order valence-electron chi connectivity index (χ4n) is 5.76. The van der Waals surface area contributed by atoms with Gasteiger partial charge in [0.1, 0.15) is 11.5 Å². The third-order valence-electron chi connectivity index (χ3n) is 8.17. The van der Waals surface area contributed by atoms with Crippen molar-refractivity contribution in [3.8, 4) is 11.5 Å². The lowest BCUT2D eigenvalue weighted by Crippen LogP contribution is -2.05. The van der Waals surface area contributed by atoms with Gasteiger partial charge in [-0.3, -0.25) is 29.9 Å². The molecular formula is C41H30N6O2. The standard InChI is InChI=1S/C41H30N6O2/c1-6-30-24-36(34-8-3-20-44-40(34)38(30)42-18-1)46-26-28-10-14-32(15-11-28)48-22-5-23-49-33-16-12-29(13-17-33)27-47-37-25-31-7-2-19-43-39(31)41-35(37)9-4-21-45-41/h1-4,6-21,24-27H,5,22-23H2. The summed E-state index contributed by atoms with van der Waals surface area (Å²) < 4.78 is 11.9. The van der Waals surface area contributed by atoms with E-state index in [1.165, 1.54) is 0 Å². The lowest BCUT2D eigenvalue weighted by Gasteiger charge is -2.09. The van der Waals surface area contributed by atoms with Crippen LogP contribution in [0.2, 0.25) is 0 Å². The smallest absolute Gasteiger partial charge is 0.119 e. The number of pyridine rings is 4. The van der Waals surface area contributed by atoms with Crippen LogP contribution in [0, 0.1) is 0 Å². The number of hydrogen-bond acceptors (Lipinski definition) is 8. The van der Waals surface area contributed by atoms with Crippen LogP contribution in [0.3, 0.4) is 0 Å².